The molecular formula is C15H15N3O3. The van der Waals surface area contributed by atoms with Gasteiger partial charge in [-0.05, 0) is 37.1 Å². The van der Waals surface area contributed by atoms with Gasteiger partial charge in [-0.2, -0.15) is 0 Å². The molecule has 0 unspecified atom stereocenters. The summed E-state index contributed by atoms with van der Waals surface area (Å²) in [6.45, 7) is 0.555. The average Bonchev–Trinajstić information content (AvgIpc) is 3.19. The monoisotopic (exact) mass is 285 g/mol. The molecule has 3 heterocycles. The van der Waals surface area contributed by atoms with E-state index in [4.69, 9.17) is 4.42 Å². The van der Waals surface area contributed by atoms with Crippen molar-refractivity contribution in [3.05, 3.63) is 48.6 Å². The maximum Gasteiger partial charge on any atom is 0.290 e. The molecule has 1 aliphatic heterocycles. The van der Waals surface area contributed by atoms with Crippen LogP contribution in [0.25, 0.3) is 0 Å². The first-order chi connectivity index (χ1) is 10.3. The van der Waals surface area contributed by atoms with Crippen molar-refractivity contribution in [1.82, 2.24) is 9.88 Å². The molecule has 0 aromatic carbocycles. The fraction of sp³-hybridized carbons (Fsp3) is 0.267. The van der Waals surface area contributed by atoms with Crippen LogP contribution in [0.1, 0.15) is 23.4 Å². The van der Waals surface area contributed by atoms with Crippen molar-refractivity contribution < 1.29 is 14.0 Å². The molecule has 3 rings (SSSR count). The SMILES string of the molecule is O=C(Nc1ccccn1)[C@@H]1CCCN1C(=O)c1ccco1. The van der Waals surface area contributed by atoms with Crippen LogP contribution in [0.5, 0.6) is 0 Å². The molecule has 2 aromatic rings. The molecule has 0 saturated carbocycles. The Morgan fingerprint density at radius 3 is 2.90 bits per heavy atom. The molecule has 6 heteroatoms. The zero-order valence-electron chi connectivity index (χ0n) is 11.4. The highest BCUT2D eigenvalue weighted by Crippen LogP contribution is 2.21. The first-order valence-electron chi connectivity index (χ1n) is 6.82. The number of anilines is 1. The molecule has 2 amide bonds. The van der Waals surface area contributed by atoms with Crippen LogP contribution < -0.4 is 5.32 Å². The topological polar surface area (TPSA) is 75.4 Å². The maximum absolute atomic E-state index is 12.3. The molecule has 1 fully saturated rings. The lowest BCUT2D eigenvalue weighted by atomic mass is 10.2. The van der Waals surface area contributed by atoms with E-state index in [1.165, 1.54) is 6.26 Å². The summed E-state index contributed by atoms with van der Waals surface area (Å²) in [6, 6.07) is 8.07. The van der Waals surface area contributed by atoms with Gasteiger partial charge >= 0.3 is 0 Å². The molecule has 1 saturated heterocycles. The summed E-state index contributed by atoms with van der Waals surface area (Å²) >= 11 is 0. The lowest BCUT2D eigenvalue weighted by molar-refractivity contribution is -0.119. The molecule has 0 spiro atoms. The summed E-state index contributed by atoms with van der Waals surface area (Å²) in [4.78, 5) is 30.2. The van der Waals surface area contributed by atoms with E-state index in [1.54, 1.807) is 41.4 Å². The van der Waals surface area contributed by atoms with E-state index >= 15 is 0 Å². The number of hydrogen-bond acceptors (Lipinski definition) is 4. The van der Waals surface area contributed by atoms with Crippen molar-refractivity contribution in [2.45, 2.75) is 18.9 Å². The number of furan rings is 1. The predicted octanol–water partition coefficient (Wildman–Crippen LogP) is 1.92. The molecule has 0 radical (unpaired) electrons. The summed E-state index contributed by atoms with van der Waals surface area (Å²) in [5.41, 5.74) is 0. The Kier molecular flexibility index (Phi) is 3.68. The van der Waals surface area contributed by atoms with Crippen LogP contribution in [-0.2, 0) is 4.79 Å². The smallest absolute Gasteiger partial charge is 0.290 e. The number of carbonyl (C=O) groups excluding carboxylic acids is 2. The van der Waals surface area contributed by atoms with Gasteiger partial charge in [0.15, 0.2) is 5.76 Å². The molecular weight excluding hydrogens is 270 g/mol. The van der Waals surface area contributed by atoms with Crippen LogP contribution in [0.2, 0.25) is 0 Å². The van der Waals surface area contributed by atoms with Crippen molar-refractivity contribution in [3.8, 4) is 0 Å². The van der Waals surface area contributed by atoms with E-state index in [0.717, 1.165) is 6.42 Å². The van der Waals surface area contributed by atoms with Crippen LogP contribution in [0.3, 0.4) is 0 Å². The molecule has 1 atom stereocenters. The second-order valence-electron chi connectivity index (χ2n) is 4.84. The Balaban J connectivity index is 1.72. The Morgan fingerprint density at radius 2 is 2.19 bits per heavy atom. The van der Waals surface area contributed by atoms with Gasteiger partial charge in [-0.15, -0.1) is 0 Å². The number of hydrogen-bond donors (Lipinski definition) is 1. The van der Waals surface area contributed by atoms with E-state index in [0.29, 0.717) is 18.8 Å². The van der Waals surface area contributed by atoms with Crippen molar-refractivity contribution in [2.75, 3.05) is 11.9 Å². The van der Waals surface area contributed by atoms with Crippen molar-refractivity contribution in [1.29, 1.82) is 0 Å². The molecule has 0 bridgehead atoms. The normalized spacial score (nSPS) is 17.7. The number of amides is 2. The van der Waals surface area contributed by atoms with Gasteiger partial charge in [0.1, 0.15) is 11.9 Å². The summed E-state index contributed by atoms with van der Waals surface area (Å²) < 4.78 is 5.12. The summed E-state index contributed by atoms with van der Waals surface area (Å²) in [7, 11) is 0. The van der Waals surface area contributed by atoms with Gasteiger partial charge in [0.05, 0.1) is 6.26 Å². The third kappa shape index (κ3) is 2.79. The van der Waals surface area contributed by atoms with Crippen molar-refractivity contribution in [2.24, 2.45) is 0 Å². The fourth-order valence-corrected chi connectivity index (χ4v) is 2.47. The third-order valence-electron chi connectivity index (χ3n) is 3.46. The van der Waals surface area contributed by atoms with Crippen LogP contribution in [0, 0.1) is 0 Å². The van der Waals surface area contributed by atoms with Gasteiger partial charge in [0, 0.05) is 12.7 Å². The van der Waals surface area contributed by atoms with Gasteiger partial charge in [-0.25, -0.2) is 4.98 Å². The molecule has 6 nitrogen and oxygen atoms in total. The maximum atomic E-state index is 12.3. The standard InChI is InChI=1S/C15H15N3O3/c19-14(17-13-7-1-2-8-16-13)11-5-3-9-18(11)15(20)12-6-4-10-21-12/h1-2,4,6-8,10-11H,3,5,9H2,(H,16,17,19)/t11-/m0/s1. The highest BCUT2D eigenvalue weighted by molar-refractivity contribution is 6.00. The fourth-order valence-electron chi connectivity index (χ4n) is 2.47. The largest absolute Gasteiger partial charge is 0.459 e. The Morgan fingerprint density at radius 1 is 1.29 bits per heavy atom. The lowest BCUT2D eigenvalue weighted by Gasteiger charge is -2.22. The number of likely N-dealkylation sites (tertiary alicyclic amines) is 1. The van der Waals surface area contributed by atoms with E-state index in [1.807, 2.05) is 0 Å². The third-order valence-corrected chi connectivity index (χ3v) is 3.46. The average molecular weight is 285 g/mol. The summed E-state index contributed by atoms with van der Waals surface area (Å²) in [5.74, 6) is 0.275. The number of rotatable bonds is 3. The quantitative estimate of drug-likeness (QED) is 0.934. The first-order valence-corrected chi connectivity index (χ1v) is 6.82. The zero-order chi connectivity index (χ0) is 14.7. The number of aromatic nitrogens is 1. The van der Waals surface area contributed by atoms with Crippen molar-refractivity contribution >= 4 is 17.6 Å². The van der Waals surface area contributed by atoms with E-state index in [9.17, 15) is 9.59 Å². The Labute approximate surface area is 121 Å². The first kappa shape index (κ1) is 13.4. The second kappa shape index (κ2) is 5.78. The van der Waals surface area contributed by atoms with E-state index in [2.05, 4.69) is 10.3 Å². The molecule has 1 aliphatic rings. The highest BCUT2D eigenvalue weighted by Gasteiger charge is 2.35. The Bertz CT molecular complexity index is 625. The number of carbonyl (C=O) groups is 2. The Hall–Kier alpha value is -2.63. The summed E-state index contributed by atoms with van der Waals surface area (Å²) in [5, 5.41) is 2.74. The number of pyridine rings is 1. The lowest BCUT2D eigenvalue weighted by Crippen LogP contribution is -2.43. The predicted molar refractivity (Wildman–Crippen MR) is 75.6 cm³/mol. The highest BCUT2D eigenvalue weighted by atomic mass is 16.3. The zero-order valence-corrected chi connectivity index (χ0v) is 11.4. The number of nitrogens with one attached hydrogen (secondary N) is 1. The summed E-state index contributed by atoms with van der Waals surface area (Å²) in [6.07, 6.45) is 4.50. The van der Waals surface area contributed by atoms with Crippen LogP contribution in [-0.4, -0.2) is 34.3 Å². The van der Waals surface area contributed by atoms with Gasteiger partial charge < -0.3 is 14.6 Å². The van der Waals surface area contributed by atoms with E-state index in [-0.39, 0.29) is 17.6 Å². The van der Waals surface area contributed by atoms with Crippen LogP contribution in [0.15, 0.2) is 47.2 Å². The van der Waals surface area contributed by atoms with Gasteiger partial charge in [0.2, 0.25) is 5.91 Å². The van der Waals surface area contributed by atoms with E-state index < -0.39 is 6.04 Å². The second-order valence-corrected chi connectivity index (χ2v) is 4.84. The molecule has 0 aliphatic carbocycles. The molecule has 21 heavy (non-hydrogen) atoms. The van der Waals surface area contributed by atoms with Crippen LogP contribution >= 0.6 is 0 Å². The van der Waals surface area contributed by atoms with Crippen LogP contribution in [0.4, 0.5) is 5.82 Å². The minimum Gasteiger partial charge on any atom is -0.459 e. The molecule has 2 aromatic heterocycles. The molecule has 1 N–H and O–H groups in total. The van der Waals surface area contributed by atoms with Gasteiger partial charge in [-0.3, -0.25) is 9.59 Å². The van der Waals surface area contributed by atoms with Gasteiger partial charge in [-0.1, -0.05) is 6.07 Å². The molecule has 108 valence electrons. The van der Waals surface area contributed by atoms with Gasteiger partial charge in [0.25, 0.3) is 5.91 Å². The minimum absolute atomic E-state index is 0.217. The minimum atomic E-state index is -0.482. The number of nitrogens with zero attached hydrogens (tertiary/aromatic N) is 2. The van der Waals surface area contributed by atoms with Crippen molar-refractivity contribution in [3.63, 3.8) is 0 Å².